The fourth-order valence-electron chi connectivity index (χ4n) is 2.57. The lowest BCUT2D eigenvalue weighted by atomic mass is 10.1. The number of rotatable bonds is 5. The van der Waals surface area contributed by atoms with E-state index in [-0.39, 0.29) is 19.1 Å². The molecule has 0 bridgehead atoms. The zero-order valence-corrected chi connectivity index (χ0v) is 11.8. The lowest BCUT2D eigenvalue weighted by Gasteiger charge is -2.26. The number of hydrogen-bond donors (Lipinski definition) is 2. The molecule has 0 radical (unpaired) electrons. The Balaban J connectivity index is 2.25. The van der Waals surface area contributed by atoms with Crippen LogP contribution in [0.1, 0.15) is 23.6 Å². The van der Waals surface area contributed by atoms with Crippen molar-refractivity contribution in [3.8, 4) is 0 Å². The summed E-state index contributed by atoms with van der Waals surface area (Å²) in [6, 6.07) is 5.72. The Morgan fingerprint density at radius 3 is 2.47 bits per heavy atom. The van der Waals surface area contributed by atoms with Gasteiger partial charge in [0.25, 0.3) is 0 Å². The molecule has 1 aromatic rings. The molecule has 0 saturated heterocycles. The average molecular weight is 328 g/mol. The van der Waals surface area contributed by atoms with Crippen LogP contribution in [0, 0.1) is 0 Å². The van der Waals surface area contributed by atoms with Crippen molar-refractivity contribution in [1.29, 1.82) is 0 Å². The first-order valence-electron chi connectivity index (χ1n) is 5.93. The highest BCUT2D eigenvalue weighted by atomic mass is 79.9. The van der Waals surface area contributed by atoms with E-state index in [0.29, 0.717) is 0 Å². The summed E-state index contributed by atoms with van der Waals surface area (Å²) in [5.41, 5.74) is 2.19. The lowest BCUT2D eigenvalue weighted by molar-refractivity contribution is -0.142. The number of aliphatic carboxylic acids is 2. The number of carboxylic acids is 2. The zero-order chi connectivity index (χ0) is 14.0. The number of carboxylic acid groups (broad SMARTS) is 2. The Labute approximate surface area is 119 Å². The Bertz CT molecular complexity index is 501. The quantitative estimate of drug-likeness (QED) is 0.863. The van der Waals surface area contributed by atoms with Crippen LogP contribution in [0.3, 0.4) is 0 Å². The molecule has 1 unspecified atom stereocenters. The number of halogens is 1. The minimum Gasteiger partial charge on any atom is -0.480 e. The van der Waals surface area contributed by atoms with Gasteiger partial charge in [0, 0.05) is 10.5 Å². The van der Waals surface area contributed by atoms with Crippen molar-refractivity contribution in [3.63, 3.8) is 0 Å². The summed E-state index contributed by atoms with van der Waals surface area (Å²) in [7, 11) is 0. The topological polar surface area (TPSA) is 77.8 Å². The Hall–Kier alpha value is -1.40. The van der Waals surface area contributed by atoms with Crippen molar-refractivity contribution in [1.82, 2.24) is 4.90 Å². The predicted molar refractivity (Wildman–Crippen MR) is 72.0 cm³/mol. The average Bonchev–Trinajstić information content (AvgIpc) is 2.69. The van der Waals surface area contributed by atoms with Crippen molar-refractivity contribution in [2.75, 3.05) is 13.1 Å². The first-order valence-corrected chi connectivity index (χ1v) is 6.72. The molecular weight excluding hydrogens is 314 g/mol. The molecule has 0 amide bonds. The van der Waals surface area contributed by atoms with E-state index in [2.05, 4.69) is 15.9 Å². The molecule has 2 N–H and O–H groups in total. The first-order chi connectivity index (χ1) is 8.97. The number of aryl methyl sites for hydroxylation is 1. The zero-order valence-electron chi connectivity index (χ0n) is 10.2. The maximum absolute atomic E-state index is 10.9. The molecule has 1 aliphatic carbocycles. The lowest BCUT2D eigenvalue weighted by Crippen LogP contribution is -2.36. The number of hydrogen-bond acceptors (Lipinski definition) is 3. The summed E-state index contributed by atoms with van der Waals surface area (Å²) in [6.07, 6.45) is 1.60. The van der Waals surface area contributed by atoms with Gasteiger partial charge < -0.3 is 10.2 Å². The van der Waals surface area contributed by atoms with Gasteiger partial charge in [-0.25, -0.2) is 0 Å². The summed E-state index contributed by atoms with van der Waals surface area (Å²) in [5, 5.41) is 17.8. The molecule has 0 saturated carbocycles. The minimum atomic E-state index is -1.01. The van der Waals surface area contributed by atoms with Gasteiger partial charge in [-0.3, -0.25) is 14.5 Å². The Morgan fingerprint density at radius 1 is 1.26 bits per heavy atom. The van der Waals surface area contributed by atoms with Crippen molar-refractivity contribution < 1.29 is 19.8 Å². The monoisotopic (exact) mass is 327 g/mol. The third kappa shape index (κ3) is 3.33. The third-order valence-electron chi connectivity index (χ3n) is 3.27. The highest BCUT2D eigenvalue weighted by Crippen LogP contribution is 2.36. The molecule has 5 nitrogen and oxygen atoms in total. The molecule has 0 spiro atoms. The van der Waals surface area contributed by atoms with Gasteiger partial charge in [0.1, 0.15) is 0 Å². The first kappa shape index (κ1) is 14.0. The Kier molecular flexibility index (Phi) is 4.21. The number of nitrogens with zero attached hydrogens (tertiary/aromatic N) is 1. The largest absolute Gasteiger partial charge is 0.480 e. The van der Waals surface area contributed by atoms with Crippen LogP contribution in [0.2, 0.25) is 0 Å². The standard InChI is InChI=1S/C13H14BrNO4/c14-9-2-3-10-8(5-9)1-4-11(10)15(6-12(16)17)7-13(18)19/h2-3,5,11H,1,4,6-7H2,(H,16,17)(H,18,19). The highest BCUT2D eigenvalue weighted by Gasteiger charge is 2.30. The minimum absolute atomic E-state index is 0.129. The van der Waals surface area contributed by atoms with Gasteiger partial charge in [0.15, 0.2) is 0 Å². The van der Waals surface area contributed by atoms with Crippen LogP contribution in [-0.4, -0.2) is 40.1 Å². The maximum Gasteiger partial charge on any atom is 0.317 e. The van der Waals surface area contributed by atoms with Gasteiger partial charge in [-0.05, 0) is 36.1 Å². The van der Waals surface area contributed by atoms with E-state index in [0.717, 1.165) is 28.4 Å². The molecular formula is C13H14BrNO4. The van der Waals surface area contributed by atoms with Crippen molar-refractivity contribution in [3.05, 3.63) is 33.8 Å². The maximum atomic E-state index is 10.9. The van der Waals surface area contributed by atoms with Gasteiger partial charge >= 0.3 is 11.9 Å². The van der Waals surface area contributed by atoms with Crippen LogP contribution >= 0.6 is 15.9 Å². The molecule has 0 fully saturated rings. The summed E-state index contributed by atoms with van der Waals surface area (Å²) in [4.78, 5) is 23.2. The van der Waals surface area contributed by atoms with E-state index < -0.39 is 11.9 Å². The van der Waals surface area contributed by atoms with Crippen molar-refractivity contribution in [2.45, 2.75) is 18.9 Å². The van der Waals surface area contributed by atoms with Crippen LogP contribution in [-0.2, 0) is 16.0 Å². The molecule has 0 heterocycles. The fraction of sp³-hybridized carbons (Fsp3) is 0.385. The Morgan fingerprint density at radius 2 is 1.89 bits per heavy atom. The van der Waals surface area contributed by atoms with E-state index >= 15 is 0 Å². The molecule has 2 rings (SSSR count). The molecule has 0 aliphatic heterocycles. The molecule has 6 heteroatoms. The van der Waals surface area contributed by atoms with E-state index in [9.17, 15) is 9.59 Å². The molecule has 19 heavy (non-hydrogen) atoms. The molecule has 1 aromatic carbocycles. The predicted octanol–water partition coefficient (Wildman–Crippen LogP) is 1.91. The van der Waals surface area contributed by atoms with Crippen LogP contribution < -0.4 is 0 Å². The molecule has 1 atom stereocenters. The van der Waals surface area contributed by atoms with E-state index in [1.165, 1.54) is 4.90 Å². The summed E-state index contributed by atoms with van der Waals surface area (Å²) in [6.45, 7) is -0.515. The van der Waals surface area contributed by atoms with E-state index in [1.807, 2.05) is 18.2 Å². The van der Waals surface area contributed by atoms with Crippen LogP contribution in [0.25, 0.3) is 0 Å². The van der Waals surface area contributed by atoms with Gasteiger partial charge in [0.2, 0.25) is 0 Å². The molecule has 0 aromatic heterocycles. The summed E-state index contributed by atoms with van der Waals surface area (Å²) in [5.74, 6) is -2.02. The van der Waals surface area contributed by atoms with Crippen LogP contribution in [0.4, 0.5) is 0 Å². The molecule has 102 valence electrons. The normalized spacial score (nSPS) is 17.5. The van der Waals surface area contributed by atoms with Crippen molar-refractivity contribution >= 4 is 27.9 Å². The van der Waals surface area contributed by atoms with E-state index in [1.54, 1.807) is 0 Å². The number of carbonyl (C=O) groups is 2. The van der Waals surface area contributed by atoms with Crippen molar-refractivity contribution in [2.24, 2.45) is 0 Å². The van der Waals surface area contributed by atoms with E-state index in [4.69, 9.17) is 10.2 Å². The van der Waals surface area contributed by atoms with Crippen LogP contribution in [0.15, 0.2) is 22.7 Å². The molecule has 1 aliphatic rings. The van der Waals surface area contributed by atoms with Gasteiger partial charge in [-0.2, -0.15) is 0 Å². The SMILES string of the molecule is O=C(O)CN(CC(=O)O)C1CCc2cc(Br)ccc21. The summed E-state index contributed by atoms with van der Waals surface area (Å²) < 4.78 is 0.981. The van der Waals surface area contributed by atoms with Gasteiger partial charge in [-0.1, -0.05) is 22.0 Å². The summed E-state index contributed by atoms with van der Waals surface area (Å²) >= 11 is 3.40. The highest BCUT2D eigenvalue weighted by molar-refractivity contribution is 9.10. The fourth-order valence-corrected chi connectivity index (χ4v) is 2.98. The third-order valence-corrected chi connectivity index (χ3v) is 3.76. The van der Waals surface area contributed by atoms with Gasteiger partial charge in [0.05, 0.1) is 13.1 Å². The second-order valence-electron chi connectivity index (χ2n) is 4.59. The van der Waals surface area contributed by atoms with Crippen LogP contribution in [0.5, 0.6) is 0 Å². The van der Waals surface area contributed by atoms with Gasteiger partial charge in [-0.15, -0.1) is 0 Å². The second kappa shape index (κ2) is 5.71. The smallest absolute Gasteiger partial charge is 0.317 e. The second-order valence-corrected chi connectivity index (χ2v) is 5.51. The number of benzene rings is 1. The number of fused-ring (bicyclic) bond motifs is 1.